The summed E-state index contributed by atoms with van der Waals surface area (Å²) in [5, 5.41) is 8.52. The van der Waals surface area contributed by atoms with E-state index < -0.39 is 23.7 Å². The van der Waals surface area contributed by atoms with Gasteiger partial charge in [0.2, 0.25) is 11.8 Å². The monoisotopic (exact) mass is 1010 g/mol. The van der Waals surface area contributed by atoms with Crippen LogP contribution >= 0.6 is 0 Å². The van der Waals surface area contributed by atoms with E-state index in [1.165, 1.54) is 73.6 Å². The van der Waals surface area contributed by atoms with E-state index in [4.69, 9.17) is 28.4 Å². The van der Waals surface area contributed by atoms with Crippen LogP contribution in [0, 0.1) is 0 Å². The number of carbonyl (C=O) groups is 5. The van der Waals surface area contributed by atoms with Gasteiger partial charge in [-0.1, -0.05) is 156 Å². The molecule has 0 aromatic heterocycles. The molecule has 1 aliphatic carbocycles. The van der Waals surface area contributed by atoms with E-state index in [0.29, 0.717) is 78.4 Å². The van der Waals surface area contributed by atoms with Gasteiger partial charge >= 0.3 is 18.0 Å². The van der Waals surface area contributed by atoms with E-state index in [1.54, 1.807) is 0 Å². The minimum atomic E-state index is -0.918. The van der Waals surface area contributed by atoms with Crippen molar-refractivity contribution in [2.24, 2.45) is 0 Å². The fourth-order valence-electron chi connectivity index (χ4n) is 8.74. The van der Waals surface area contributed by atoms with Crippen LogP contribution in [0.2, 0.25) is 0 Å². The predicted octanol–water partition coefficient (Wildman–Crippen LogP) is 11.1. The van der Waals surface area contributed by atoms with E-state index in [-0.39, 0.29) is 49.8 Å². The van der Waals surface area contributed by atoms with Crippen molar-refractivity contribution in [2.75, 3.05) is 59.3 Å². The van der Waals surface area contributed by atoms with Crippen LogP contribution in [0.4, 0.5) is 4.79 Å². The first-order valence-electron chi connectivity index (χ1n) is 27.3. The minimum absolute atomic E-state index is 0.0249. The molecule has 73 heavy (non-hydrogen) atoms. The lowest BCUT2D eigenvalue weighted by atomic mass is 9.98. The Morgan fingerprint density at radius 3 is 1.53 bits per heavy atom. The van der Waals surface area contributed by atoms with Crippen LogP contribution in [0.5, 0.6) is 0 Å². The minimum Gasteiger partial charge on any atom is -0.460 e. The van der Waals surface area contributed by atoms with E-state index in [0.717, 1.165) is 44.1 Å². The molecule has 14 heteroatoms. The number of esters is 2. The molecule has 3 aromatic rings. The number of alkyl carbamates (subject to hydrolysis) is 1. The quantitative estimate of drug-likeness (QED) is 0.0281. The van der Waals surface area contributed by atoms with Crippen molar-refractivity contribution in [3.05, 3.63) is 95.6 Å². The van der Waals surface area contributed by atoms with Crippen LogP contribution in [0.15, 0.2) is 78.9 Å². The highest BCUT2D eigenvalue weighted by Crippen LogP contribution is 2.44. The van der Waals surface area contributed by atoms with E-state index >= 15 is 0 Å². The average molecular weight is 1010 g/mol. The lowest BCUT2D eigenvalue weighted by molar-refractivity contribution is -0.155. The van der Waals surface area contributed by atoms with Gasteiger partial charge in [-0.15, -0.1) is 0 Å². The van der Waals surface area contributed by atoms with Crippen LogP contribution < -0.4 is 16.0 Å². The van der Waals surface area contributed by atoms with Gasteiger partial charge in [0.1, 0.15) is 24.9 Å². The standard InChI is InChI=1S/C59H87N3O11/c1-59(2,3)73-56(65)34-20-15-13-11-9-7-5-4-6-8-10-12-14-19-33-55(64)62-53(57(66)71-45-47-27-17-16-18-28-47)35-36-54(63)60-37-25-39-68-41-43-70-44-42-69-40-26-38-61-58(67)72-46-52-50-31-23-21-29-48(50)49-30-22-24-32-51(49)52/h16-18,21-24,27-32,52-53H,4-15,19-20,25-26,33-46H2,1-3H3,(H,60,63)(H,61,67)(H,62,64)/t53-/m0/s1. The highest BCUT2D eigenvalue weighted by Gasteiger charge is 2.29. The zero-order valence-electron chi connectivity index (χ0n) is 44.4. The Hall–Kier alpha value is -5.31. The van der Waals surface area contributed by atoms with Crippen LogP contribution in [0.3, 0.4) is 0 Å². The first-order chi connectivity index (χ1) is 35.5. The first-order valence-corrected chi connectivity index (χ1v) is 27.3. The van der Waals surface area contributed by atoms with E-state index in [9.17, 15) is 24.0 Å². The van der Waals surface area contributed by atoms with Gasteiger partial charge in [0.15, 0.2) is 0 Å². The fraction of sp³-hybridized carbons (Fsp3) is 0.610. The van der Waals surface area contributed by atoms with Gasteiger partial charge in [-0.2, -0.15) is 0 Å². The van der Waals surface area contributed by atoms with Gasteiger partial charge in [0, 0.05) is 51.5 Å². The van der Waals surface area contributed by atoms with E-state index in [2.05, 4.69) is 40.2 Å². The third kappa shape index (κ3) is 27.0. The second kappa shape index (κ2) is 36.6. The van der Waals surface area contributed by atoms with Gasteiger partial charge in [0.25, 0.3) is 0 Å². The van der Waals surface area contributed by atoms with E-state index in [1.807, 2.05) is 75.4 Å². The number of unbranched alkanes of at least 4 members (excludes halogenated alkanes) is 13. The van der Waals surface area contributed by atoms with Gasteiger partial charge in [-0.25, -0.2) is 9.59 Å². The first kappa shape index (κ1) is 60.2. The van der Waals surface area contributed by atoms with Crippen molar-refractivity contribution in [2.45, 2.75) is 173 Å². The Kier molecular flexibility index (Phi) is 30.2. The summed E-state index contributed by atoms with van der Waals surface area (Å²) in [6.45, 7) is 9.55. The maximum Gasteiger partial charge on any atom is 0.407 e. The largest absolute Gasteiger partial charge is 0.460 e. The van der Waals surface area contributed by atoms with Gasteiger partial charge in [0.05, 0.1) is 26.4 Å². The molecule has 1 atom stereocenters. The number of rotatable bonds is 40. The Labute approximate surface area is 436 Å². The molecular weight excluding hydrogens is 927 g/mol. The summed E-state index contributed by atoms with van der Waals surface area (Å²) >= 11 is 0. The normalized spacial score (nSPS) is 12.4. The van der Waals surface area contributed by atoms with Crippen molar-refractivity contribution < 1.29 is 52.4 Å². The van der Waals surface area contributed by atoms with Crippen molar-refractivity contribution in [3.63, 3.8) is 0 Å². The second-order valence-electron chi connectivity index (χ2n) is 19.9. The summed E-state index contributed by atoms with van der Waals surface area (Å²) in [4.78, 5) is 63.0. The number of carbonyl (C=O) groups excluding carboxylic acids is 5. The maximum absolute atomic E-state index is 13.1. The molecule has 4 rings (SSSR count). The molecule has 1 aliphatic rings. The maximum atomic E-state index is 13.1. The van der Waals surface area contributed by atoms with Gasteiger partial charge < -0.3 is 44.4 Å². The molecule has 3 N–H and O–H groups in total. The van der Waals surface area contributed by atoms with Gasteiger partial charge in [-0.05, 0) is 80.7 Å². The molecule has 0 aliphatic heterocycles. The average Bonchev–Trinajstić information content (AvgIpc) is 3.70. The molecule has 0 radical (unpaired) electrons. The van der Waals surface area contributed by atoms with Crippen molar-refractivity contribution in [1.29, 1.82) is 0 Å². The number of hydrogen-bond acceptors (Lipinski definition) is 11. The smallest absolute Gasteiger partial charge is 0.407 e. The lowest BCUT2D eigenvalue weighted by Crippen LogP contribution is -2.42. The second-order valence-corrected chi connectivity index (χ2v) is 19.9. The summed E-state index contributed by atoms with van der Waals surface area (Å²) in [5.41, 5.74) is 5.18. The lowest BCUT2D eigenvalue weighted by Gasteiger charge is -2.19. The molecule has 0 bridgehead atoms. The number of hydrogen-bond donors (Lipinski definition) is 3. The molecule has 0 fully saturated rings. The third-order valence-corrected chi connectivity index (χ3v) is 12.6. The van der Waals surface area contributed by atoms with Crippen LogP contribution in [0.1, 0.15) is 172 Å². The molecule has 0 heterocycles. The molecule has 0 unspecified atom stereocenters. The van der Waals surface area contributed by atoms with Crippen LogP contribution in [-0.2, 0) is 54.2 Å². The number of amides is 3. The molecule has 0 saturated heterocycles. The summed E-state index contributed by atoms with van der Waals surface area (Å²) in [6.07, 6.45) is 17.6. The Morgan fingerprint density at radius 1 is 0.507 bits per heavy atom. The molecule has 3 amide bonds. The van der Waals surface area contributed by atoms with Crippen molar-refractivity contribution in [1.82, 2.24) is 16.0 Å². The Bertz CT molecular complexity index is 1980. The Balaban J connectivity index is 0.939. The number of nitrogens with one attached hydrogen (secondary N) is 3. The number of benzene rings is 3. The summed E-state index contributed by atoms with van der Waals surface area (Å²) < 4.78 is 33.4. The molecule has 3 aromatic carbocycles. The third-order valence-electron chi connectivity index (χ3n) is 12.6. The van der Waals surface area contributed by atoms with Crippen molar-refractivity contribution in [3.8, 4) is 11.1 Å². The molecule has 0 saturated carbocycles. The molecule has 14 nitrogen and oxygen atoms in total. The topological polar surface area (TPSA) is 177 Å². The SMILES string of the molecule is CC(C)(C)OC(=O)CCCCCCCCCCCCCCCCC(=O)N[C@@H](CCC(=O)NCCCOCCOCCOCCCNC(=O)OCC1c2ccccc2-c2ccccc21)C(=O)OCc1ccccc1. The molecular formula is C59H87N3O11. The zero-order chi connectivity index (χ0) is 52.2. The fourth-order valence-corrected chi connectivity index (χ4v) is 8.74. The zero-order valence-corrected chi connectivity index (χ0v) is 44.4. The summed E-state index contributed by atoms with van der Waals surface area (Å²) in [5.74, 6) is -1.05. The highest BCUT2D eigenvalue weighted by atomic mass is 16.6. The summed E-state index contributed by atoms with van der Waals surface area (Å²) in [7, 11) is 0. The van der Waals surface area contributed by atoms with Crippen LogP contribution in [-0.4, -0.2) is 101 Å². The highest BCUT2D eigenvalue weighted by molar-refractivity contribution is 5.85. The Morgan fingerprint density at radius 2 is 0.986 bits per heavy atom. The van der Waals surface area contributed by atoms with Crippen LogP contribution in [0.25, 0.3) is 11.1 Å². The number of ether oxygens (including phenoxy) is 6. The summed E-state index contributed by atoms with van der Waals surface area (Å²) in [6, 6.07) is 24.9. The molecule has 0 spiro atoms. The van der Waals surface area contributed by atoms with Gasteiger partial charge in [-0.3, -0.25) is 14.4 Å². The molecule has 404 valence electrons. The van der Waals surface area contributed by atoms with Crippen molar-refractivity contribution >= 4 is 29.8 Å². The predicted molar refractivity (Wildman–Crippen MR) is 285 cm³/mol. The number of fused-ring (bicyclic) bond motifs is 3.